The van der Waals surface area contributed by atoms with Crippen LogP contribution in [0.5, 0.6) is 0 Å². The zero-order chi connectivity index (χ0) is 25.2. The van der Waals surface area contributed by atoms with Crippen LogP contribution in [0.3, 0.4) is 0 Å². The Kier molecular flexibility index (Phi) is 6.77. The molecule has 0 atom stereocenters. The standard InChI is InChI=1S/C25H29N5O4S/c1-25(2,3)30-22(15-21(29-30)18-12-13-18)24(32)28-27-23(31)19-10-7-11-20(14-19)35(33,34)26-16-17-8-5-4-6-9-17/h4-11,14-15,18,26H,12-13,16H2,1-3H3,(H,27,31)(H,28,32). The van der Waals surface area contributed by atoms with Crippen molar-refractivity contribution in [3.63, 3.8) is 0 Å². The lowest BCUT2D eigenvalue weighted by Crippen LogP contribution is -2.43. The number of carbonyl (C=O) groups is 2. The maximum absolute atomic E-state index is 12.9. The summed E-state index contributed by atoms with van der Waals surface area (Å²) in [4.78, 5) is 25.5. The number of hydrogen-bond acceptors (Lipinski definition) is 5. The Morgan fingerprint density at radius 1 is 0.971 bits per heavy atom. The van der Waals surface area contributed by atoms with Crippen LogP contribution in [0.4, 0.5) is 0 Å². The number of amides is 2. The van der Waals surface area contributed by atoms with Gasteiger partial charge in [0.2, 0.25) is 10.0 Å². The molecule has 4 rings (SSSR count). The van der Waals surface area contributed by atoms with E-state index in [1.807, 2.05) is 51.1 Å². The van der Waals surface area contributed by atoms with Crippen molar-refractivity contribution in [3.8, 4) is 0 Å². The summed E-state index contributed by atoms with van der Waals surface area (Å²) in [5, 5.41) is 4.60. The number of nitrogens with zero attached hydrogens (tertiary/aromatic N) is 2. The van der Waals surface area contributed by atoms with Crippen molar-refractivity contribution in [2.24, 2.45) is 0 Å². The van der Waals surface area contributed by atoms with E-state index in [1.54, 1.807) is 10.7 Å². The van der Waals surface area contributed by atoms with Crippen LogP contribution < -0.4 is 15.6 Å². The van der Waals surface area contributed by atoms with Gasteiger partial charge < -0.3 is 0 Å². The Morgan fingerprint density at radius 3 is 2.31 bits per heavy atom. The molecular weight excluding hydrogens is 466 g/mol. The summed E-state index contributed by atoms with van der Waals surface area (Å²) in [5.74, 6) is -0.761. The molecule has 1 aromatic heterocycles. The minimum Gasteiger partial charge on any atom is -0.267 e. The number of hydrazine groups is 1. The monoisotopic (exact) mass is 495 g/mol. The lowest BCUT2D eigenvalue weighted by molar-refractivity contribution is 0.0836. The fourth-order valence-corrected chi connectivity index (χ4v) is 4.63. The molecule has 0 bridgehead atoms. The van der Waals surface area contributed by atoms with Crippen molar-refractivity contribution < 1.29 is 18.0 Å². The molecule has 0 radical (unpaired) electrons. The molecule has 9 nitrogen and oxygen atoms in total. The van der Waals surface area contributed by atoms with Crippen LogP contribution in [0.2, 0.25) is 0 Å². The van der Waals surface area contributed by atoms with Crippen molar-refractivity contribution in [1.29, 1.82) is 0 Å². The zero-order valence-electron chi connectivity index (χ0n) is 19.9. The lowest BCUT2D eigenvalue weighted by Gasteiger charge is -2.22. The van der Waals surface area contributed by atoms with Gasteiger partial charge >= 0.3 is 0 Å². The SMILES string of the molecule is CC(C)(C)n1nc(C2CC2)cc1C(=O)NNC(=O)c1cccc(S(=O)(=O)NCc2ccccc2)c1. The molecule has 0 saturated heterocycles. The highest BCUT2D eigenvalue weighted by atomic mass is 32.2. The van der Waals surface area contributed by atoms with Gasteiger partial charge in [0.1, 0.15) is 5.69 Å². The molecule has 1 heterocycles. The van der Waals surface area contributed by atoms with Gasteiger partial charge in [0.15, 0.2) is 0 Å². The molecule has 10 heteroatoms. The number of benzene rings is 2. The lowest BCUT2D eigenvalue weighted by atomic mass is 10.1. The van der Waals surface area contributed by atoms with E-state index < -0.39 is 27.4 Å². The van der Waals surface area contributed by atoms with Crippen LogP contribution in [-0.4, -0.2) is 30.0 Å². The minimum absolute atomic E-state index is 0.0488. The fourth-order valence-electron chi connectivity index (χ4n) is 3.56. The first-order chi connectivity index (χ1) is 16.5. The maximum Gasteiger partial charge on any atom is 0.287 e. The third kappa shape index (κ3) is 5.95. The number of carbonyl (C=O) groups excluding carboxylic acids is 2. The van der Waals surface area contributed by atoms with Crippen molar-refractivity contribution in [2.75, 3.05) is 0 Å². The average Bonchev–Trinajstić information content (AvgIpc) is 3.58. The van der Waals surface area contributed by atoms with Crippen LogP contribution in [0.15, 0.2) is 65.6 Å². The second-order valence-corrected chi connectivity index (χ2v) is 11.3. The second-order valence-electron chi connectivity index (χ2n) is 9.56. The van der Waals surface area contributed by atoms with Gasteiger partial charge in [-0.1, -0.05) is 36.4 Å². The van der Waals surface area contributed by atoms with Gasteiger partial charge in [-0.25, -0.2) is 13.1 Å². The molecule has 184 valence electrons. The number of rotatable bonds is 7. The van der Waals surface area contributed by atoms with Gasteiger partial charge in [0.05, 0.1) is 16.1 Å². The van der Waals surface area contributed by atoms with E-state index in [-0.39, 0.29) is 17.0 Å². The summed E-state index contributed by atoms with van der Waals surface area (Å²) in [6, 6.07) is 16.5. The van der Waals surface area contributed by atoms with E-state index >= 15 is 0 Å². The quantitative estimate of drug-likeness (QED) is 0.435. The predicted octanol–water partition coefficient (Wildman–Crippen LogP) is 3.07. The number of hydrogen-bond donors (Lipinski definition) is 3. The van der Waals surface area contributed by atoms with E-state index in [9.17, 15) is 18.0 Å². The van der Waals surface area contributed by atoms with Crippen LogP contribution in [-0.2, 0) is 22.1 Å². The molecule has 1 fully saturated rings. The van der Waals surface area contributed by atoms with E-state index in [2.05, 4.69) is 20.7 Å². The summed E-state index contributed by atoms with van der Waals surface area (Å²) >= 11 is 0. The van der Waals surface area contributed by atoms with Gasteiger partial charge in [-0.2, -0.15) is 5.10 Å². The summed E-state index contributed by atoms with van der Waals surface area (Å²) in [7, 11) is -3.84. The molecule has 1 aliphatic carbocycles. The Bertz CT molecular complexity index is 1340. The summed E-state index contributed by atoms with van der Waals surface area (Å²) in [6.45, 7) is 5.97. The number of aromatic nitrogens is 2. The van der Waals surface area contributed by atoms with Crippen molar-refractivity contribution in [2.45, 2.75) is 56.5 Å². The molecule has 1 saturated carbocycles. The maximum atomic E-state index is 12.9. The molecule has 2 amide bonds. The number of nitrogens with one attached hydrogen (secondary N) is 3. The largest absolute Gasteiger partial charge is 0.287 e. The van der Waals surface area contributed by atoms with E-state index in [0.717, 1.165) is 24.1 Å². The Morgan fingerprint density at radius 2 is 1.66 bits per heavy atom. The zero-order valence-corrected chi connectivity index (χ0v) is 20.7. The first kappa shape index (κ1) is 24.6. The van der Waals surface area contributed by atoms with Crippen molar-refractivity contribution in [1.82, 2.24) is 25.4 Å². The van der Waals surface area contributed by atoms with Crippen LogP contribution >= 0.6 is 0 Å². The Balaban J connectivity index is 1.43. The van der Waals surface area contributed by atoms with Crippen LogP contribution in [0.25, 0.3) is 0 Å². The van der Waals surface area contributed by atoms with Gasteiger partial charge in [0.25, 0.3) is 11.8 Å². The third-order valence-electron chi connectivity index (χ3n) is 5.60. The second kappa shape index (κ2) is 9.63. The van der Waals surface area contributed by atoms with Gasteiger partial charge in [-0.3, -0.25) is 25.1 Å². The molecule has 3 aromatic rings. The summed E-state index contributed by atoms with van der Waals surface area (Å²) in [6.07, 6.45) is 2.11. The molecule has 35 heavy (non-hydrogen) atoms. The van der Waals surface area contributed by atoms with Gasteiger partial charge in [-0.05, 0) is 63.4 Å². The molecule has 1 aliphatic rings. The first-order valence-electron chi connectivity index (χ1n) is 11.4. The van der Waals surface area contributed by atoms with Gasteiger partial charge in [-0.15, -0.1) is 0 Å². The molecule has 2 aromatic carbocycles. The Labute approximate surface area is 204 Å². The minimum atomic E-state index is -3.84. The molecular formula is C25H29N5O4S. The highest BCUT2D eigenvalue weighted by Crippen LogP contribution is 2.40. The average molecular weight is 496 g/mol. The third-order valence-corrected chi connectivity index (χ3v) is 7.00. The predicted molar refractivity (Wildman–Crippen MR) is 131 cm³/mol. The highest BCUT2D eigenvalue weighted by molar-refractivity contribution is 7.89. The smallest absolute Gasteiger partial charge is 0.267 e. The van der Waals surface area contributed by atoms with Crippen molar-refractivity contribution >= 4 is 21.8 Å². The first-order valence-corrected chi connectivity index (χ1v) is 12.9. The molecule has 0 unspecified atom stereocenters. The van der Waals surface area contributed by atoms with Crippen molar-refractivity contribution in [3.05, 3.63) is 83.2 Å². The summed E-state index contributed by atoms with van der Waals surface area (Å²) < 4.78 is 29.6. The topological polar surface area (TPSA) is 122 Å². The van der Waals surface area contributed by atoms with Gasteiger partial charge in [0, 0.05) is 18.0 Å². The Hall–Kier alpha value is -3.50. The van der Waals surface area contributed by atoms with E-state index in [4.69, 9.17) is 0 Å². The normalized spacial score (nSPS) is 13.9. The molecule has 0 spiro atoms. The number of sulfonamides is 1. The van der Waals surface area contributed by atoms with Crippen LogP contribution in [0, 0.1) is 0 Å². The molecule has 0 aliphatic heterocycles. The van der Waals surface area contributed by atoms with Crippen LogP contribution in [0.1, 0.15) is 71.6 Å². The fraction of sp³-hybridized carbons (Fsp3) is 0.320. The van der Waals surface area contributed by atoms with E-state index in [1.165, 1.54) is 24.3 Å². The highest BCUT2D eigenvalue weighted by Gasteiger charge is 2.31. The molecule has 3 N–H and O–H groups in total. The van der Waals surface area contributed by atoms with E-state index in [0.29, 0.717) is 11.6 Å². The summed E-state index contributed by atoms with van der Waals surface area (Å²) in [5.41, 5.74) is 6.50.